The standard InChI is InChI=1S/C20H42O2/c1-10-11-12-13-14-15-16-17(2)20(9,21-18(3,4)5)22-19(6,7)8/h17H,10-16H2,1-9H3. The molecule has 0 bridgehead atoms. The number of rotatable bonds is 10. The van der Waals surface area contributed by atoms with E-state index in [-0.39, 0.29) is 11.2 Å². The average molecular weight is 315 g/mol. The molecule has 0 aromatic carbocycles. The smallest absolute Gasteiger partial charge is 0.169 e. The fraction of sp³-hybridized carbons (Fsp3) is 1.00. The molecule has 0 aliphatic heterocycles. The molecule has 0 heterocycles. The summed E-state index contributed by atoms with van der Waals surface area (Å²) in [5.41, 5.74) is -0.398. The summed E-state index contributed by atoms with van der Waals surface area (Å²) in [6.45, 7) is 19.3. The molecular weight excluding hydrogens is 272 g/mol. The van der Waals surface area contributed by atoms with Gasteiger partial charge in [0.15, 0.2) is 5.79 Å². The Bertz CT molecular complexity index is 267. The third kappa shape index (κ3) is 10.6. The third-order valence-corrected chi connectivity index (χ3v) is 3.90. The van der Waals surface area contributed by atoms with Crippen molar-refractivity contribution in [1.29, 1.82) is 0 Å². The first-order valence-corrected chi connectivity index (χ1v) is 9.30. The highest BCUT2D eigenvalue weighted by molar-refractivity contribution is 4.79. The molecule has 0 rings (SSSR count). The molecule has 1 atom stereocenters. The van der Waals surface area contributed by atoms with Crippen molar-refractivity contribution < 1.29 is 9.47 Å². The maximum atomic E-state index is 6.34. The fourth-order valence-corrected chi connectivity index (χ4v) is 2.93. The highest BCUT2D eigenvalue weighted by Gasteiger charge is 2.40. The van der Waals surface area contributed by atoms with Crippen molar-refractivity contribution in [2.24, 2.45) is 5.92 Å². The number of hydrogen-bond acceptors (Lipinski definition) is 2. The monoisotopic (exact) mass is 314 g/mol. The van der Waals surface area contributed by atoms with Crippen LogP contribution in [0.5, 0.6) is 0 Å². The van der Waals surface area contributed by atoms with E-state index >= 15 is 0 Å². The van der Waals surface area contributed by atoms with Crippen molar-refractivity contribution >= 4 is 0 Å². The van der Waals surface area contributed by atoms with Crippen LogP contribution in [-0.4, -0.2) is 17.0 Å². The molecule has 0 N–H and O–H groups in total. The largest absolute Gasteiger partial charge is 0.344 e. The zero-order valence-electron chi connectivity index (χ0n) is 16.8. The van der Waals surface area contributed by atoms with Gasteiger partial charge in [-0.2, -0.15) is 0 Å². The summed E-state index contributed by atoms with van der Waals surface area (Å²) >= 11 is 0. The number of ether oxygens (including phenoxy) is 2. The van der Waals surface area contributed by atoms with Crippen LogP contribution in [0.2, 0.25) is 0 Å². The molecule has 0 fully saturated rings. The van der Waals surface area contributed by atoms with Crippen molar-refractivity contribution in [3.05, 3.63) is 0 Å². The highest BCUT2D eigenvalue weighted by Crippen LogP contribution is 2.35. The topological polar surface area (TPSA) is 18.5 Å². The van der Waals surface area contributed by atoms with Gasteiger partial charge in [0.05, 0.1) is 11.2 Å². The van der Waals surface area contributed by atoms with Crippen molar-refractivity contribution in [2.45, 2.75) is 124 Å². The van der Waals surface area contributed by atoms with Gasteiger partial charge in [-0.05, 0) is 54.9 Å². The lowest BCUT2D eigenvalue weighted by Gasteiger charge is -2.44. The van der Waals surface area contributed by atoms with Crippen molar-refractivity contribution in [1.82, 2.24) is 0 Å². The lowest BCUT2D eigenvalue weighted by Crippen LogP contribution is -2.49. The maximum absolute atomic E-state index is 6.34. The SMILES string of the molecule is CCCCCCCCC(C)C(C)(OC(C)(C)C)OC(C)(C)C. The molecule has 0 radical (unpaired) electrons. The second-order valence-electron chi connectivity index (χ2n) is 8.90. The van der Waals surface area contributed by atoms with Gasteiger partial charge in [0, 0.05) is 5.92 Å². The Kier molecular flexibility index (Phi) is 9.24. The zero-order valence-corrected chi connectivity index (χ0v) is 16.8. The summed E-state index contributed by atoms with van der Waals surface area (Å²) in [7, 11) is 0. The predicted molar refractivity (Wildman–Crippen MR) is 97.2 cm³/mol. The molecule has 0 aromatic heterocycles. The molecule has 0 saturated carbocycles. The van der Waals surface area contributed by atoms with Crippen molar-refractivity contribution in [3.63, 3.8) is 0 Å². The lowest BCUT2D eigenvalue weighted by molar-refractivity contribution is -0.323. The molecule has 0 aromatic rings. The van der Waals surface area contributed by atoms with Gasteiger partial charge in [0.1, 0.15) is 0 Å². The number of hydrogen-bond donors (Lipinski definition) is 0. The van der Waals surface area contributed by atoms with Crippen LogP contribution in [0.1, 0.15) is 107 Å². The van der Waals surface area contributed by atoms with Gasteiger partial charge < -0.3 is 9.47 Å². The van der Waals surface area contributed by atoms with Crippen molar-refractivity contribution in [3.8, 4) is 0 Å². The minimum absolute atomic E-state index is 0.199. The first kappa shape index (κ1) is 21.9. The van der Waals surface area contributed by atoms with E-state index in [1.807, 2.05) is 0 Å². The molecule has 0 aliphatic carbocycles. The Labute approximate surface area is 140 Å². The Hall–Kier alpha value is -0.0800. The molecule has 1 unspecified atom stereocenters. The van der Waals surface area contributed by atoms with E-state index in [0.29, 0.717) is 5.92 Å². The number of unbranched alkanes of at least 4 members (excludes halogenated alkanes) is 5. The van der Waals surface area contributed by atoms with Crippen LogP contribution >= 0.6 is 0 Å². The average Bonchev–Trinajstić information content (AvgIpc) is 2.28. The van der Waals surface area contributed by atoms with Crippen LogP contribution in [0, 0.1) is 5.92 Å². The van der Waals surface area contributed by atoms with Crippen LogP contribution in [0.15, 0.2) is 0 Å². The van der Waals surface area contributed by atoms with E-state index in [1.165, 1.54) is 38.5 Å². The van der Waals surface area contributed by atoms with Gasteiger partial charge in [-0.3, -0.25) is 0 Å². The van der Waals surface area contributed by atoms with E-state index in [1.54, 1.807) is 0 Å². The molecule has 2 nitrogen and oxygen atoms in total. The summed E-state index contributed by atoms with van der Waals surface area (Å²) in [4.78, 5) is 0. The highest BCUT2D eigenvalue weighted by atomic mass is 16.7. The Morgan fingerprint density at radius 3 is 1.50 bits per heavy atom. The first-order chi connectivity index (χ1) is 9.90. The Morgan fingerprint density at radius 2 is 1.09 bits per heavy atom. The Morgan fingerprint density at radius 1 is 0.682 bits per heavy atom. The second-order valence-corrected chi connectivity index (χ2v) is 8.90. The summed E-state index contributed by atoms with van der Waals surface area (Å²) in [5.74, 6) is -0.142. The van der Waals surface area contributed by atoms with Gasteiger partial charge in [0.25, 0.3) is 0 Å². The van der Waals surface area contributed by atoms with E-state index in [2.05, 4.69) is 62.3 Å². The summed E-state index contributed by atoms with van der Waals surface area (Å²) in [5, 5.41) is 0. The quantitative estimate of drug-likeness (QED) is 0.329. The van der Waals surface area contributed by atoms with E-state index < -0.39 is 5.79 Å². The second kappa shape index (κ2) is 9.27. The van der Waals surface area contributed by atoms with Crippen LogP contribution in [0.4, 0.5) is 0 Å². The third-order valence-electron chi connectivity index (χ3n) is 3.90. The molecule has 22 heavy (non-hydrogen) atoms. The predicted octanol–water partition coefficient (Wildman–Crippen LogP) is 6.72. The van der Waals surface area contributed by atoms with E-state index in [4.69, 9.17) is 9.47 Å². The van der Waals surface area contributed by atoms with Crippen LogP contribution in [0.3, 0.4) is 0 Å². The first-order valence-electron chi connectivity index (χ1n) is 9.30. The van der Waals surface area contributed by atoms with Gasteiger partial charge in [-0.25, -0.2) is 0 Å². The van der Waals surface area contributed by atoms with Crippen LogP contribution in [0.25, 0.3) is 0 Å². The molecule has 0 amide bonds. The van der Waals surface area contributed by atoms with Crippen LogP contribution in [-0.2, 0) is 9.47 Å². The lowest BCUT2D eigenvalue weighted by atomic mass is 9.93. The fourth-order valence-electron chi connectivity index (χ4n) is 2.93. The summed E-state index contributed by atoms with van der Waals surface area (Å²) in [6, 6.07) is 0. The molecule has 0 aliphatic rings. The summed E-state index contributed by atoms with van der Waals surface area (Å²) < 4.78 is 12.7. The molecular formula is C20H42O2. The minimum atomic E-state index is -0.528. The minimum Gasteiger partial charge on any atom is -0.344 e. The van der Waals surface area contributed by atoms with Gasteiger partial charge in [0.2, 0.25) is 0 Å². The molecule has 134 valence electrons. The van der Waals surface area contributed by atoms with Gasteiger partial charge in [-0.15, -0.1) is 0 Å². The van der Waals surface area contributed by atoms with Gasteiger partial charge >= 0.3 is 0 Å². The van der Waals surface area contributed by atoms with Crippen molar-refractivity contribution in [2.75, 3.05) is 0 Å². The molecule has 0 spiro atoms. The van der Waals surface area contributed by atoms with E-state index in [0.717, 1.165) is 6.42 Å². The molecule has 0 saturated heterocycles. The molecule has 2 heteroatoms. The van der Waals surface area contributed by atoms with Gasteiger partial charge in [-0.1, -0.05) is 52.4 Å². The zero-order chi connectivity index (χ0) is 17.4. The Balaban J connectivity index is 4.53. The van der Waals surface area contributed by atoms with E-state index in [9.17, 15) is 0 Å². The normalized spacial score (nSPS) is 15.1. The van der Waals surface area contributed by atoms with Crippen LogP contribution < -0.4 is 0 Å². The maximum Gasteiger partial charge on any atom is 0.169 e. The summed E-state index contributed by atoms with van der Waals surface area (Å²) in [6.07, 6.45) is 9.17.